The first kappa shape index (κ1) is 23.0. The van der Waals surface area contributed by atoms with Crippen molar-refractivity contribution >= 4 is 40.8 Å². The maximum atomic E-state index is 13.4. The van der Waals surface area contributed by atoms with Gasteiger partial charge in [0.2, 0.25) is 5.95 Å². The van der Waals surface area contributed by atoms with E-state index in [0.29, 0.717) is 33.8 Å². The van der Waals surface area contributed by atoms with E-state index in [0.717, 1.165) is 11.1 Å². The summed E-state index contributed by atoms with van der Waals surface area (Å²) < 4.78 is 11.1. The summed E-state index contributed by atoms with van der Waals surface area (Å²) in [6, 6.07) is 17.7. The topological polar surface area (TPSA) is 89.5 Å². The number of para-hydroxylation sites is 1. The lowest BCUT2D eigenvalue weighted by molar-refractivity contribution is 0.209. The number of carbonyl (C=O) groups is 1. The number of aryl methyl sites for hydroxylation is 2. The average molecular weight is 476 g/mol. The van der Waals surface area contributed by atoms with Crippen LogP contribution < -0.4 is 19.7 Å². The molecule has 2 aromatic heterocycles. The molecule has 0 fully saturated rings. The van der Waals surface area contributed by atoms with E-state index in [9.17, 15) is 4.79 Å². The van der Waals surface area contributed by atoms with E-state index in [1.54, 1.807) is 62.0 Å². The molecule has 1 amide bonds. The molecule has 4 rings (SSSR count). The van der Waals surface area contributed by atoms with Crippen LogP contribution in [0.25, 0.3) is 0 Å². The highest BCUT2D eigenvalue weighted by Crippen LogP contribution is 2.30. The number of amides is 1. The van der Waals surface area contributed by atoms with Gasteiger partial charge in [0, 0.05) is 12.3 Å². The fraction of sp³-hybridized carbons (Fsp3) is 0.120. The predicted octanol–water partition coefficient (Wildman–Crippen LogP) is 6.23. The van der Waals surface area contributed by atoms with Gasteiger partial charge in [-0.1, -0.05) is 29.8 Å². The predicted molar refractivity (Wildman–Crippen MR) is 132 cm³/mol. The Morgan fingerprint density at radius 3 is 2.35 bits per heavy atom. The maximum absolute atomic E-state index is 13.4. The van der Waals surface area contributed by atoms with Gasteiger partial charge in [-0.25, -0.2) is 19.7 Å². The molecule has 0 bridgehead atoms. The van der Waals surface area contributed by atoms with E-state index in [4.69, 9.17) is 21.1 Å². The van der Waals surface area contributed by atoms with E-state index in [2.05, 4.69) is 20.3 Å². The van der Waals surface area contributed by atoms with Gasteiger partial charge in [-0.05, 0) is 61.4 Å². The average Bonchev–Trinajstić information content (AvgIpc) is 2.84. The lowest BCUT2D eigenvalue weighted by Gasteiger charge is -2.23. The van der Waals surface area contributed by atoms with Crippen LogP contribution in [0.15, 0.2) is 73.1 Å². The van der Waals surface area contributed by atoms with Crippen LogP contribution in [0, 0.1) is 13.8 Å². The van der Waals surface area contributed by atoms with Gasteiger partial charge in [0.15, 0.2) is 0 Å². The van der Waals surface area contributed by atoms with Crippen molar-refractivity contribution in [1.29, 1.82) is 0 Å². The Morgan fingerprint density at radius 1 is 0.971 bits per heavy atom. The fourth-order valence-electron chi connectivity index (χ4n) is 3.27. The van der Waals surface area contributed by atoms with Crippen molar-refractivity contribution in [2.24, 2.45) is 0 Å². The minimum Gasteiger partial charge on any atom is -0.497 e. The number of nitrogens with zero attached hydrogens (tertiary/aromatic N) is 4. The summed E-state index contributed by atoms with van der Waals surface area (Å²) in [5.74, 6) is 1.76. The van der Waals surface area contributed by atoms with Crippen molar-refractivity contribution in [3.05, 3.63) is 89.3 Å². The zero-order chi connectivity index (χ0) is 24.1. The molecule has 2 heterocycles. The normalized spacial score (nSPS) is 10.5. The van der Waals surface area contributed by atoms with Crippen LogP contribution in [0.5, 0.6) is 11.5 Å². The lowest BCUT2D eigenvalue weighted by Crippen LogP contribution is -2.30. The lowest BCUT2D eigenvalue weighted by atomic mass is 10.1. The minimum atomic E-state index is -0.611. The van der Waals surface area contributed by atoms with Crippen LogP contribution in [0.1, 0.15) is 11.1 Å². The second kappa shape index (κ2) is 10.2. The van der Waals surface area contributed by atoms with E-state index in [-0.39, 0.29) is 5.95 Å². The molecule has 0 saturated carbocycles. The zero-order valence-electron chi connectivity index (χ0n) is 18.8. The molecule has 2 aromatic carbocycles. The molecular weight excluding hydrogens is 454 g/mol. The van der Waals surface area contributed by atoms with Crippen LogP contribution in [-0.2, 0) is 0 Å². The van der Waals surface area contributed by atoms with Crippen LogP contribution >= 0.6 is 11.6 Å². The van der Waals surface area contributed by atoms with E-state index >= 15 is 0 Å². The number of rotatable bonds is 6. The molecule has 0 aliphatic carbocycles. The molecule has 0 aliphatic heterocycles. The number of ether oxygens (including phenoxy) is 2. The minimum absolute atomic E-state index is 0.278. The SMILES string of the molecule is COc1ccc(N(C(=O)Oc2c(C)cccc2C)c2ccnc(Nc3ccc(Cl)nc3)n2)cc1. The molecular formula is C25H22ClN5O3. The summed E-state index contributed by atoms with van der Waals surface area (Å²) in [5.41, 5.74) is 2.90. The zero-order valence-corrected chi connectivity index (χ0v) is 19.6. The number of halogens is 1. The highest BCUT2D eigenvalue weighted by atomic mass is 35.5. The summed E-state index contributed by atoms with van der Waals surface area (Å²) >= 11 is 5.86. The Bertz CT molecular complexity index is 1280. The summed E-state index contributed by atoms with van der Waals surface area (Å²) in [4.78, 5) is 27.6. The van der Waals surface area contributed by atoms with Crippen molar-refractivity contribution in [2.75, 3.05) is 17.3 Å². The van der Waals surface area contributed by atoms with Crippen LogP contribution in [0.4, 0.5) is 27.9 Å². The fourth-order valence-corrected chi connectivity index (χ4v) is 3.38. The highest BCUT2D eigenvalue weighted by molar-refractivity contribution is 6.29. The van der Waals surface area contributed by atoms with E-state index in [1.807, 2.05) is 32.0 Å². The Hall–Kier alpha value is -4.17. The molecule has 0 saturated heterocycles. The van der Waals surface area contributed by atoms with Gasteiger partial charge in [0.05, 0.1) is 24.7 Å². The van der Waals surface area contributed by atoms with Crippen molar-refractivity contribution in [1.82, 2.24) is 15.0 Å². The number of aromatic nitrogens is 3. The number of carbonyl (C=O) groups excluding carboxylic acids is 1. The van der Waals surface area contributed by atoms with Crippen LogP contribution in [-0.4, -0.2) is 28.2 Å². The number of methoxy groups -OCH3 is 1. The first-order valence-corrected chi connectivity index (χ1v) is 10.8. The second-order valence-corrected chi connectivity index (χ2v) is 7.74. The molecule has 0 unspecified atom stereocenters. The Labute approximate surface area is 202 Å². The smallest absolute Gasteiger partial charge is 0.425 e. The van der Waals surface area contributed by atoms with Crippen LogP contribution in [0.2, 0.25) is 5.15 Å². The molecule has 0 aliphatic rings. The third-order valence-corrected chi connectivity index (χ3v) is 5.19. The first-order valence-electron chi connectivity index (χ1n) is 10.4. The number of benzene rings is 2. The molecule has 8 nitrogen and oxygen atoms in total. The Kier molecular flexibility index (Phi) is 6.89. The van der Waals surface area contributed by atoms with E-state index in [1.165, 1.54) is 4.90 Å². The largest absolute Gasteiger partial charge is 0.497 e. The third-order valence-electron chi connectivity index (χ3n) is 4.96. The molecule has 1 N–H and O–H groups in total. The van der Waals surface area contributed by atoms with Gasteiger partial charge in [0.25, 0.3) is 0 Å². The number of hydrogen-bond acceptors (Lipinski definition) is 7. The van der Waals surface area contributed by atoms with Crippen molar-refractivity contribution in [3.63, 3.8) is 0 Å². The molecule has 34 heavy (non-hydrogen) atoms. The summed E-state index contributed by atoms with van der Waals surface area (Å²) in [5, 5.41) is 3.44. The number of hydrogen-bond donors (Lipinski definition) is 1. The quantitative estimate of drug-likeness (QED) is 0.330. The maximum Gasteiger partial charge on any atom is 0.425 e. The molecule has 0 radical (unpaired) electrons. The highest BCUT2D eigenvalue weighted by Gasteiger charge is 2.24. The van der Waals surface area contributed by atoms with Gasteiger partial charge in [0.1, 0.15) is 22.5 Å². The molecule has 172 valence electrons. The number of nitrogens with one attached hydrogen (secondary N) is 1. The molecule has 0 atom stereocenters. The first-order chi connectivity index (χ1) is 16.4. The summed E-state index contributed by atoms with van der Waals surface area (Å²) in [7, 11) is 1.58. The molecule has 0 spiro atoms. The van der Waals surface area contributed by atoms with Gasteiger partial charge >= 0.3 is 6.09 Å². The third kappa shape index (κ3) is 5.24. The monoisotopic (exact) mass is 475 g/mol. The van der Waals surface area contributed by atoms with Gasteiger partial charge in [-0.3, -0.25) is 0 Å². The number of anilines is 4. The standard InChI is InChI=1S/C25H22ClN5O3/c1-16-5-4-6-17(2)23(16)34-25(32)31(19-8-10-20(33-3)11-9-19)22-13-14-27-24(30-22)29-18-7-12-21(26)28-15-18/h4-15H,1-3H3,(H,27,29,30). The Balaban J connectivity index is 1.70. The van der Waals surface area contributed by atoms with Gasteiger partial charge in [-0.15, -0.1) is 0 Å². The summed E-state index contributed by atoms with van der Waals surface area (Å²) in [6.45, 7) is 3.78. The number of pyridine rings is 1. The van der Waals surface area contributed by atoms with Crippen molar-refractivity contribution in [2.45, 2.75) is 13.8 Å². The molecule has 9 heteroatoms. The van der Waals surface area contributed by atoms with Crippen LogP contribution in [0.3, 0.4) is 0 Å². The van der Waals surface area contributed by atoms with E-state index < -0.39 is 6.09 Å². The van der Waals surface area contributed by atoms with Gasteiger partial charge < -0.3 is 14.8 Å². The molecule has 4 aromatic rings. The summed E-state index contributed by atoms with van der Waals surface area (Å²) in [6.07, 6.45) is 2.51. The second-order valence-electron chi connectivity index (χ2n) is 7.36. The Morgan fingerprint density at radius 2 is 1.71 bits per heavy atom. The van der Waals surface area contributed by atoms with Crippen molar-refractivity contribution < 1.29 is 14.3 Å². The van der Waals surface area contributed by atoms with Crippen molar-refractivity contribution in [3.8, 4) is 11.5 Å². The van der Waals surface area contributed by atoms with Gasteiger partial charge in [-0.2, -0.15) is 4.98 Å².